The van der Waals surface area contributed by atoms with Crippen molar-refractivity contribution in [2.24, 2.45) is 0 Å². The van der Waals surface area contributed by atoms with Gasteiger partial charge in [0.2, 0.25) is 0 Å². The van der Waals surface area contributed by atoms with E-state index < -0.39 is 0 Å². The highest BCUT2D eigenvalue weighted by Crippen LogP contribution is 2.08. The molecular weight excluding hydrogens is 190 g/mol. The molecule has 2 atom stereocenters. The highest BCUT2D eigenvalue weighted by Gasteiger charge is 2.21. The van der Waals surface area contributed by atoms with Crippen molar-refractivity contribution in [3.05, 3.63) is 0 Å². The van der Waals surface area contributed by atoms with Crippen LogP contribution in [0.1, 0.15) is 20.3 Å². The molecule has 1 aliphatic heterocycles. The average Bonchev–Trinajstić information content (AvgIpc) is 2.29. The molecule has 1 heterocycles. The third-order valence-corrected chi connectivity index (χ3v) is 2.73. The van der Waals surface area contributed by atoms with Gasteiger partial charge in [-0.15, -0.1) is 0 Å². The number of nitrogens with one attached hydrogen (secondary N) is 1. The summed E-state index contributed by atoms with van der Waals surface area (Å²) in [6.45, 7) is 8.52. The molecule has 15 heavy (non-hydrogen) atoms. The third kappa shape index (κ3) is 4.17. The molecule has 1 aliphatic rings. The maximum Gasteiger partial charge on any atom is 0.108 e. The Bertz CT molecular complexity index is 214. The summed E-state index contributed by atoms with van der Waals surface area (Å²) in [5.41, 5.74) is 0. The van der Waals surface area contributed by atoms with Gasteiger partial charge < -0.3 is 10.1 Å². The molecule has 0 radical (unpaired) electrons. The third-order valence-electron chi connectivity index (χ3n) is 2.73. The van der Waals surface area contributed by atoms with Gasteiger partial charge in [-0.3, -0.25) is 4.90 Å². The highest BCUT2D eigenvalue weighted by molar-refractivity contribution is 4.92. The van der Waals surface area contributed by atoms with Crippen molar-refractivity contribution in [2.75, 3.05) is 32.8 Å². The zero-order valence-electron chi connectivity index (χ0n) is 9.70. The molecule has 0 aliphatic carbocycles. The molecule has 4 nitrogen and oxygen atoms in total. The van der Waals surface area contributed by atoms with Gasteiger partial charge in [0.15, 0.2) is 0 Å². The van der Waals surface area contributed by atoms with Crippen molar-refractivity contribution in [3.63, 3.8) is 0 Å². The molecule has 0 bridgehead atoms. The van der Waals surface area contributed by atoms with Gasteiger partial charge in [-0.25, -0.2) is 0 Å². The molecule has 1 N–H and O–H groups in total. The minimum Gasteiger partial charge on any atom is -0.376 e. The summed E-state index contributed by atoms with van der Waals surface area (Å²) in [4.78, 5) is 2.31. The fourth-order valence-electron chi connectivity index (χ4n) is 1.85. The first kappa shape index (κ1) is 12.4. The second-order valence-electron chi connectivity index (χ2n) is 3.90. The molecular formula is C11H21N3O. The second-order valence-corrected chi connectivity index (χ2v) is 3.90. The summed E-state index contributed by atoms with van der Waals surface area (Å²) in [6.07, 6.45) is 1.40. The molecule has 2 unspecified atom stereocenters. The van der Waals surface area contributed by atoms with Gasteiger partial charge in [-0.2, -0.15) is 5.26 Å². The van der Waals surface area contributed by atoms with E-state index in [1.165, 1.54) is 0 Å². The number of ether oxygens (including phenoxy) is 1. The SMILES string of the molecule is CCNC(C#N)CN1CCOC(CC)C1. The Hall–Kier alpha value is -0.630. The molecule has 86 valence electrons. The first-order valence-electron chi connectivity index (χ1n) is 5.77. The summed E-state index contributed by atoms with van der Waals surface area (Å²) in [5, 5.41) is 12.1. The van der Waals surface area contributed by atoms with Crippen LogP contribution in [-0.2, 0) is 4.74 Å². The van der Waals surface area contributed by atoms with E-state index in [0.29, 0.717) is 6.10 Å². The van der Waals surface area contributed by atoms with Gasteiger partial charge in [-0.05, 0) is 13.0 Å². The van der Waals surface area contributed by atoms with E-state index in [2.05, 4.69) is 23.2 Å². The van der Waals surface area contributed by atoms with Gasteiger partial charge in [-0.1, -0.05) is 13.8 Å². The Kier molecular flexibility index (Phi) is 5.62. The maximum absolute atomic E-state index is 8.94. The predicted octanol–water partition coefficient (Wildman–Crippen LogP) is 0.599. The summed E-state index contributed by atoms with van der Waals surface area (Å²) in [6, 6.07) is 2.24. The Morgan fingerprint density at radius 1 is 1.60 bits per heavy atom. The Morgan fingerprint density at radius 3 is 3.00 bits per heavy atom. The summed E-state index contributed by atoms with van der Waals surface area (Å²) < 4.78 is 5.59. The van der Waals surface area contributed by atoms with Crippen LogP contribution in [0.25, 0.3) is 0 Å². The molecule has 0 spiro atoms. The fourth-order valence-corrected chi connectivity index (χ4v) is 1.85. The van der Waals surface area contributed by atoms with Crippen molar-refractivity contribution >= 4 is 0 Å². The number of nitrogens with zero attached hydrogens (tertiary/aromatic N) is 2. The summed E-state index contributed by atoms with van der Waals surface area (Å²) >= 11 is 0. The highest BCUT2D eigenvalue weighted by atomic mass is 16.5. The van der Waals surface area contributed by atoms with Crippen LogP contribution in [0.3, 0.4) is 0 Å². The molecule has 0 amide bonds. The molecule has 0 aromatic rings. The maximum atomic E-state index is 8.94. The summed E-state index contributed by atoms with van der Waals surface area (Å²) in [7, 11) is 0. The van der Waals surface area contributed by atoms with Gasteiger partial charge in [0, 0.05) is 19.6 Å². The lowest BCUT2D eigenvalue weighted by molar-refractivity contribution is -0.0306. The molecule has 0 aromatic heterocycles. The van der Waals surface area contributed by atoms with Crippen molar-refractivity contribution in [3.8, 4) is 6.07 Å². The first-order chi connectivity index (χ1) is 7.30. The lowest BCUT2D eigenvalue weighted by Gasteiger charge is -2.33. The minimum atomic E-state index is -0.0504. The topological polar surface area (TPSA) is 48.3 Å². The zero-order valence-corrected chi connectivity index (χ0v) is 9.70. The van der Waals surface area contributed by atoms with Gasteiger partial charge in [0.25, 0.3) is 0 Å². The first-order valence-corrected chi connectivity index (χ1v) is 5.77. The second kappa shape index (κ2) is 6.78. The van der Waals surface area contributed by atoms with E-state index in [-0.39, 0.29) is 6.04 Å². The molecule has 1 fully saturated rings. The molecule has 1 rings (SSSR count). The van der Waals surface area contributed by atoms with Gasteiger partial charge >= 0.3 is 0 Å². The normalized spacial score (nSPS) is 24.7. The van der Waals surface area contributed by atoms with E-state index in [9.17, 15) is 0 Å². The molecule has 0 aromatic carbocycles. The quantitative estimate of drug-likeness (QED) is 0.723. The van der Waals surface area contributed by atoms with Gasteiger partial charge in [0.05, 0.1) is 18.8 Å². The lowest BCUT2D eigenvalue weighted by atomic mass is 10.2. The minimum absolute atomic E-state index is 0.0504. The monoisotopic (exact) mass is 211 g/mol. The zero-order chi connectivity index (χ0) is 11.1. The molecule has 1 saturated heterocycles. The molecule has 4 heteroatoms. The van der Waals surface area contributed by atoms with E-state index in [0.717, 1.165) is 39.2 Å². The van der Waals surface area contributed by atoms with Crippen molar-refractivity contribution in [2.45, 2.75) is 32.4 Å². The predicted molar refractivity (Wildman–Crippen MR) is 59.5 cm³/mol. The lowest BCUT2D eigenvalue weighted by Crippen LogP contribution is -2.48. The van der Waals surface area contributed by atoms with Crippen molar-refractivity contribution in [1.29, 1.82) is 5.26 Å². The van der Waals surface area contributed by atoms with Crippen LogP contribution in [0.15, 0.2) is 0 Å². The van der Waals surface area contributed by atoms with E-state index in [1.807, 2.05) is 6.92 Å². The van der Waals surface area contributed by atoms with E-state index in [4.69, 9.17) is 10.00 Å². The van der Waals surface area contributed by atoms with E-state index >= 15 is 0 Å². The number of morpholine rings is 1. The number of rotatable bonds is 5. The average molecular weight is 211 g/mol. The Balaban J connectivity index is 2.33. The van der Waals surface area contributed by atoms with Crippen LogP contribution in [0.2, 0.25) is 0 Å². The number of nitriles is 1. The van der Waals surface area contributed by atoms with Crippen LogP contribution in [-0.4, -0.2) is 49.8 Å². The summed E-state index contributed by atoms with van der Waals surface area (Å²) in [5.74, 6) is 0. The van der Waals surface area contributed by atoms with Crippen molar-refractivity contribution < 1.29 is 4.74 Å². The largest absolute Gasteiger partial charge is 0.376 e. The van der Waals surface area contributed by atoms with Crippen LogP contribution < -0.4 is 5.32 Å². The standard InChI is InChI=1S/C11H21N3O/c1-3-11-9-14(5-6-15-11)8-10(7-12)13-4-2/h10-11,13H,3-6,8-9H2,1-2H3. The smallest absolute Gasteiger partial charge is 0.108 e. The van der Waals surface area contributed by atoms with Crippen LogP contribution in [0, 0.1) is 11.3 Å². The van der Waals surface area contributed by atoms with Crippen LogP contribution in [0.5, 0.6) is 0 Å². The van der Waals surface area contributed by atoms with Crippen LogP contribution in [0.4, 0.5) is 0 Å². The number of likely N-dealkylation sites (N-methyl/N-ethyl adjacent to an activating group) is 1. The number of hydrogen-bond donors (Lipinski definition) is 1. The van der Waals surface area contributed by atoms with Crippen molar-refractivity contribution in [1.82, 2.24) is 10.2 Å². The Morgan fingerprint density at radius 2 is 2.40 bits per heavy atom. The molecule has 0 saturated carbocycles. The Labute approximate surface area is 92.2 Å². The number of hydrogen-bond acceptors (Lipinski definition) is 4. The fraction of sp³-hybridized carbons (Fsp3) is 0.909. The van der Waals surface area contributed by atoms with Gasteiger partial charge in [0.1, 0.15) is 6.04 Å². The van der Waals surface area contributed by atoms with Crippen LogP contribution >= 0.6 is 0 Å². The van der Waals surface area contributed by atoms with E-state index in [1.54, 1.807) is 0 Å².